The molecule has 1 aliphatic rings. The van der Waals surface area contributed by atoms with Crippen LogP contribution in [0.1, 0.15) is 48.7 Å². The van der Waals surface area contributed by atoms with Gasteiger partial charge in [0.25, 0.3) is 5.91 Å². The number of carbonyl (C=O) groups is 1. The third-order valence-electron chi connectivity index (χ3n) is 4.50. The molecule has 1 aromatic rings. The number of hydrogen-bond donors (Lipinski definition) is 0. The molecule has 0 bridgehead atoms. The molecule has 1 amide bonds. The SMILES string of the molecule is CC(C)C1CCN(C(=O)c2cc(CN(C)C)nc(C(F)(F)F)n2)CC1. The Kier molecular flexibility index (Phi) is 6.03. The fraction of sp³-hybridized carbons (Fsp3) is 0.706. The van der Waals surface area contributed by atoms with Crippen LogP contribution >= 0.6 is 0 Å². The van der Waals surface area contributed by atoms with Crippen LogP contribution in [0.2, 0.25) is 0 Å². The molecule has 0 aliphatic carbocycles. The van der Waals surface area contributed by atoms with Gasteiger partial charge in [0.15, 0.2) is 0 Å². The van der Waals surface area contributed by atoms with Gasteiger partial charge in [-0.1, -0.05) is 13.8 Å². The Morgan fingerprint density at radius 1 is 1.28 bits per heavy atom. The largest absolute Gasteiger partial charge is 0.451 e. The van der Waals surface area contributed by atoms with Gasteiger partial charge in [-0.25, -0.2) is 9.97 Å². The molecule has 0 N–H and O–H groups in total. The normalized spacial score (nSPS) is 16.8. The quantitative estimate of drug-likeness (QED) is 0.830. The molecule has 2 rings (SSSR count). The van der Waals surface area contributed by atoms with E-state index in [-0.39, 0.29) is 17.9 Å². The molecule has 5 nitrogen and oxygen atoms in total. The van der Waals surface area contributed by atoms with Crippen molar-refractivity contribution in [2.45, 2.75) is 39.4 Å². The van der Waals surface area contributed by atoms with Crippen LogP contribution in [0.4, 0.5) is 13.2 Å². The van der Waals surface area contributed by atoms with Gasteiger partial charge < -0.3 is 9.80 Å². The van der Waals surface area contributed by atoms with Gasteiger partial charge in [-0.3, -0.25) is 4.79 Å². The summed E-state index contributed by atoms with van der Waals surface area (Å²) >= 11 is 0. The van der Waals surface area contributed by atoms with Crippen LogP contribution < -0.4 is 0 Å². The Hall–Kier alpha value is -1.70. The van der Waals surface area contributed by atoms with E-state index in [0.717, 1.165) is 12.8 Å². The second kappa shape index (κ2) is 7.68. The van der Waals surface area contributed by atoms with Gasteiger partial charge in [-0.15, -0.1) is 0 Å². The highest BCUT2D eigenvalue weighted by Crippen LogP contribution is 2.28. The topological polar surface area (TPSA) is 49.3 Å². The highest BCUT2D eigenvalue weighted by Gasteiger charge is 2.36. The van der Waals surface area contributed by atoms with Crippen LogP contribution in [0.5, 0.6) is 0 Å². The molecule has 1 saturated heterocycles. The maximum absolute atomic E-state index is 13.1. The first-order chi connectivity index (χ1) is 11.6. The second-order valence-electron chi connectivity index (χ2n) is 7.18. The van der Waals surface area contributed by atoms with E-state index in [4.69, 9.17) is 0 Å². The molecular weight excluding hydrogens is 333 g/mol. The van der Waals surface area contributed by atoms with Crippen molar-refractivity contribution in [2.24, 2.45) is 11.8 Å². The van der Waals surface area contributed by atoms with Crippen LogP contribution in [-0.4, -0.2) is 52.9 Å². The number of carbonyl (C=O) groups excluding carboxylic acids is 1. The summed E-state index contributed by atoms with van der Waals surface area (Å²) in [6.07, 6.45) is -2.95. The van der Waals surface area contributed by atoms with Crippen molar-refractivity contribution in [2.75, 3.05) is 27.2 Å². The van der Waals surface area contributed by atoms with Gasteiger partial charge in [0.05, 0.1) is 5.69 Å². The lowest BCUT2D eigenvalue weighted by atomic mass is 9.86. The fourth-order valence-electron chi connectivity index (χ4n) is 3.07. The van der Waals surface area contributed by atoms with E-state index in [1.54, 1.807) is 23.9 Å². The smallest absolute Gasteiger partial charge is 0.337 e. The third-order valence-corrected chi connectivity index (χ3v) is 4.50. The summed E-state index contributed by atoms with van der Waals surface area (Å²) in [5.74, 6) is -0.619. The monoisotopic (exact) mass is 358 g/mol. The minimum absolute atomic E-state index is 0.179. The molecule has 0 radical (unpaired) electrons. The number of aromatic nitrogens is 2. The van der Waals surface area contributed by atoms with Crippen LogP contribution in [0.25, 0.3) is 0 Å². The van der Waals surface area contributed by atoms with Crippen molar-refractivity contribution in [1.82, 2.24) is 19.8 Å². The van der Waals surface area contributed by atoms with Gasteiger partial charge in [0.1, 0.15) is 5.69 Å². The number of alkyl halides is 3. The Balaban J connectivity index is 2.23. The molecule has 8 heteroatoms. The molecule has 0 unspecified atom stereocenters. The van der Waals surface area contributed by atoms with Crippen LogP contribution in [0, 0.1) is 11.8 Å². The van der Waals surface area contributed by atoms with Crippen molar-refractivity contribution >= 4 is 5.91 Å². The van der Waals surface area contributed by atoms with E-state index in [0.29, 0.717) is 24.9 Å². The summed E-state index contributed by atoms with van der Waals surface area (Å²) in [6, 6.07) is 1.37. The predicted octanol–water partition coefficient (Wildman–Crippen LogP) is 3.07. The first-order valence-corrected chi connectivity index (χ1v) is 8.47. The number of rotatable bonds is 4. The van der Waals surface area contributed by atoms with Gasteiger partial charge in [0.2, 0.25) is 5.82 Å². The first-order valence-electron chi connectivity index (χ1n) is 8.47. The van der Waals surface area contributed by atoms with Gasteiger partial charge >= 0.3 is 6.18 Å². The number of piperidine rings is 1. The average Bonchev–Trinajstić information content (AvgIpc) is 2.52. The van der Waals surface area contributed by atoms with E-state index in [1.165, 1.54) is 6.07 Å². The zero-order valence-corrected chi connectivity index (χ0v) is 15.1. The maximum Gasteiger partial charge on any atom is 0.451 e. The van der Waals surface area contributed by atoms with Crippen LogP contribution in [0.15, 0.2) is 6.07 Å². The fourth-order valence-corrected chi connectivity index (χ4v) is 3.07. The highest BCUT2D eigenvalue weighted by atomic mass is 19.4. The van der Waals surface area contributed by atoms with Crippen LogP contribution in [0.3, 0.4) is 0 Å². The maximum atomic E-state index is 13.1. The van der Waals surface area contributed by atoms with Crippen molar-refractivity contribution in [3.8, 4) is 0 Å². The summed E-state index contributed by atoms with van der Waals surface area (Å²) in [5.41, 5.74) is 0.00918. The molecule has 0 spiro atoms. The van der Waals surface area contributed by atoms with Crippen molar-refractivity contribution < 1.29 is 18.0 Å². The van der Waals surface area contributed by atoms with Gasteiger partial charge in [-0.05, 0) is 44.8 Å². The van der Waals surface area contributed by atoms with E-state index in [9.17, 15) is 18.0 Å². The Bertz CT molecular complexity index is 608. The number of amides is 1. The number of hydrogen-bond acceptors (Lipinski definition) is 4. The lowest BCUT2D eigenvalue weighted by Gasteiger charge is -2.33. The molecule has 0 atom stereocenters. The number of likely N-dealkylation sites (tertiary alicyclic amines) is 1. The lowest BCUT2D eigenvalue weighted by molar-refractivity contribution is -0.145. The minimum atomic E-state index is -4.68. The summed E-state index contributed by atoms with van der Waals surface area (Å²) in [5, 5.41) is 0. The Morgan fingerprint density at radius 2 is 1.88 bits per heavy atom. The minimum Gasteiger partial charge on any atom is -0.337 e. The molecule has 25 heavy (non-hydrogen) atoms. The molecular formula is C17H25F3N4O. The van der Waals surface area contributed by atoms with Crippen molar-refractivity contribution in [1.29, 1.82) is 0 Å². The number of nitrogens with zero attached hydrogens (tertiary/aromatic N) is 4. The first kappa shape index (κ1) is 19.6. The summed E-state index contributed by atoms with van der Waals surface area (Å²) in [6.45, 7) is 5.61. The highest BCUT2D eigenvalue weighted by molar-refractivity contribution is 5.92. The molecule has 0 aromatic carbocycles. The molecule has 1 aliphatic heterocycles. The predicted molar refractivity (Wildman–Crippen MR) is 87.9 cm³/mol. The molecule has 140 valence electrons. The summed E-state index contributed by atoms with van der Waals surface area (Å²) < 4.78 is 39.2. The summed E-state index contributed by atoms with van der Waals surface area (Å²) in [4.78, 5) is 23.0. The van der Waals surface area contributed by atoms with Gasteiger partial charge in [-0.2, -0.15) is 13.2 Å². The standard InChI is InChI=1S/C17H25F3N4O/c1-11(2)12-5-7-24(8-6-12)15(25)14-9-13(10-23(3)4)21-16(22-14)17(18,19)20/h9,11-12H,5-8,10H2,1-4H3. The van der Waals surface area contributed by atoms with Crippen LogP contribution in [-0.2, 0) is 12.7 Å². The van der Waals surface area contributed by atoms with Crippen molar-refractivity contribution in [3.63, 3.8) is 0 Å². The van der Waals surface area contributed by atoms with E-state index in [1.807, 2.05) is 0 Å². The van der Waals surface area contributed by atoms with Gasteiger partial charge in [0, 0.05) is 19.6 Å². The Labute approximate surface area is 146 Å². The Morgan fingerprint density at radius 3 is 2.36 bits per heavy atom. The average molecular weight is 358 g/mol. The lowest BCUT2D eigenvalue weighted by Crippen LogP contribution is -2.40. The molecule has 1 fully saturated rings. The number of halogens is 3. The van der Waals surface area contributed by atoms with Crippen molar-refractivity contribution in [3.05, 3.63) is 23.3 Å². The molecule has 1 aromatic heterocycles. The molecule has 2 heterocycles. The third kappa shape index (κ3) is 5.14. The molecule has 0 saturated carbocycles. The van der Waals surface area contributed by atoms with E-state index >= 15 is 0 Å². The zero-order chi connectivity index (χ0) is 18.8. The second-order valence-corrected chi connectivity index (χ2v) is 7.18. The van der Waals surface area contributed by atoms with E-state index in [2.05, 4.69) is 23.8 Å². The zero-order valence-electron chi connectivity index (χ0n) is 15.1. The van der Waals surface area contributed by atoms with E-state index < -0.39 is 17.9 Å². The summed E-state index contributed by atoms with van der Waals surface area (Å²) in [7, 11) is 3.46.